The van der Waals surface area contributed by atoms with Crippen LogP contribution in [0.25, 0.3) is 0 Å². The van der Waals surface area contributed by atoms with Crippen molar-refractivity contribution in [2.24, 2.45) is 5.92 Å². The molecule has 1 aliphatic rings. The highest BCUT2D eigenvalue weighted by atomic mass is 35.5. The zero-order chi connectivity index (χ0) is 10.3. The van der Waals surface area contributed by atoms with Crippen molar-refractivity contribution in [1.29, 1.82) is 0 Å². The molecule has 0 bridgehead atoms. The van der Waals surface area contributed by atoms with Gasteiger partial charge in [-0.2, -0.15) is 0 Å². The Kier molecular flexibility index (Phi) is 2.58. The van der Waals surface area contributed by atoms with E-state index < -0.39 is 0 Å². The highest BCUT2D eigenvalue weighted by molar-refractivity contribution is 6.28. The van der Waals surface area contributed by atoms with E-state index in [1.807, 2.05) is 6.07 Å². The Labute approximate surface area is 89.6 Å². The molecule has 1 N–H and O–H groups in total. The summed E-state index contributed by atoms with van der Waals surface area (Å²) in [6.45, 7) is 7.54. The van der Waals surface area contributed by atoms with Crippen LogP contribution in [0.2, 0.25) is 5.22 Å². The molecule has 2 heterocycles. The minimum absolute atomic E-state index is 0.387. The van der Waals surface area contributed by atoms with Crippen molar-refractivity contribution in [3.63, 3.8) is 0 Å². The van der Waals surface area contributed by atoms with E-state index in [2.05, 4.69) is 26.1 Å². The third-order valence-electron chi connectivity index (χ3n) is 2.85. The van der Waals surface area contributed by atoms with Gasteiger partial charge in [0.05, 0.1) is 0 Å². The first-order valence-electron chi connectivity index (χ1n) is 5.12. The number of rotatable bonds is 1. The summed E-state index contributed by atoms with van der Waals surface area (Å²) in [5, 5.41) is 4.03. The molecule has 1 aromatic rings. The fraction of sp³-hybridized carbons (Fsp3) is 0.636. The quantitative estimate of drug-likeness (QED) is 0.774. The number of hydrogen-bond acceptors (Lipinski definition) is 2. The van der Waals surface area contributed by atoms with Crippen molar-refractivity contribution in [1.82, 2.24) is 5.32 Å². The number of hydrogen-bond donors (Lipinski definition) is 1. The largest absolute Gasteiger partial charge is 0.449 e. The van der Waals surface area contributed by atoms with Crippen LogP contribution < -0.4 is 5.32 Å². The zero-order valence-electron chi connectivity index (χ0n) is 8.80. The van der Waals surface area contributed by atoms with Gasteiger partial charge in [-0.15, -0.1) is 0 Å². The average molecular weight is 214 g/mol. The number of fused-ring (bicyclic) bond motifs is 1. The normalized spacial score (nSPS) is 26.6. The highest BCUT2D eigenvalue weighted by Crippen LogP contribution is 2.37. The van der Waals surface area contributed by atoms with E-state index in [1.54, 1.807) is 0 Å². The summed E-state index contributed by atoms with van der Waals surface area (Å²) in [7, 11) is 0. The number of halogens is 1. The van der Waals surface area contributed by atoms with E-state index in [1.165, 1.54) is 5.56 Å². The predicted octanol–water partition coefficient (Wildman–Crippen LogP) is 3.34. The van der Waals surface area contributed by atoms with Crippen LogP contribution in [0.3, 0.4) is 0 Å². The molecule has 0 spiro atoms. The van der Waals surface area contributed by atoms with E-state index in [0.29, 0.717) is 23.1 Å². The van der Waals surface area contributed by atoms with Crippen LogP contribution in [0, 0.1) is 5.92 Å². The van der Waals surface area contributed by atoms with Crippen LogP contribution in [-0.2, 0) is 0 Å². The summed E-state index contributed by atoms with van der Waals surface area (Å²) in [5.41, 5.74) is 1.24. The maximum absolute atomic E-state index is 5.89. The Morgan fingerprint density at radius 1 is 1.57 bits per heavy atom. The zero-order valence-corrected chi connectivity index (χ0v) is 9.56. The fourth-order valence-electron chi connectivity index (χ4n) is 2.12. The molecule has 2 nitrogen and oxygen atoms in total. The Bertz CT molecular complexity index is 332. The van der Waals surface area contributed by atoms with Gasteiger partial charge in [0, 0.05) is 30.1 Å². The standard InChI is InChI=1S/C11H16ClNO/c1-6(2)10-8-4-9(12)14-11(8)7(3)5-13-10/h4,6-7,10,13H,5H2,1-3H3. The third-order valence-corrected chi connectivity index (χ3v) is 3.04. The Hall–Kier alpha value is -0.470. The lowest BCUT2D eigenvalue weighted by Crippen LogP contribution is -2.34. The number of furan rings is 1. The minimum Gasteiger partial charge on any atom is -0.449 e. The Morgan fingerprint density at radius 2 is 2.29 bits per heavy atom. The minimum atomic E-state index is 0.387. The molecular formula is C11H16ClNO. The van der Waals surface area contributed by atoms with E-state index in [-0.39, 0.29) is 0 Å². The van der Waals surface area contributed by atoms with Gasteiger partial charge in [0.1, 0.15) is 5.76 Å². The summed E-state index contributed by atoms with van der Waals surface area (Å²) < 4.78 is 5.52. The summed E-state index contributed by atoms with van der Waals surface area (Å²) in [6.07, 6.45) is 0. The molecular weight excluding hydrogens is 198 g/mol. The van der Waals surface area contributed by atoms with Gasteiger partial charge in [-0.1, -0.05) is 20.8 Å². The lowest BCUT2D eigenvalue weighted by molar-refractivity contribution is 0.342. The molecule has 78 valence electrons. The maximum atomic E-state index is 5.89. The van der Waals surface area contributed by atoms with Crippen LogP contribution in [0.15, 0.2) is 10.5 Å². The molecule has 14 heavy (non-hydrogen) atoms. The monoisotopic (exact) mass is 213 g/mol. The molecule has 0 aromatic carbocycles. The second kappa shape index (κ2) is 3.59. The summed E-state index contributed by atoms with van der Waals surface area (Å²) in [4.78, 5) is 0. The molecule has 1 aliphatic heterocycles. The van der Waals surface area contributed by atoms with Crippen LogP contribution in [-0.4, -0.2) is 6.54 Å². The summed E-state index contributed by atoms with van der Waals surface area (Å²) >= 11 is 5.89. The molecule has 2 unspecified atom stereocenters. The van der Waals surface area contributed by atoms with Crippen LogP contribution in [0.5, 0.6) is 0 Å². The van der Waals surface area contributed by atoms with Crippen molar-refractivity contribution in [3.8, 4) is 0 Å². The predicted molar refractivity (Wildman–Crippen MR) is 57.7 cm³/mol. The summed E-state index contributed by atoms with van der Waals surface area (Å²) in [5.74, 6) is 2.05. The lowest BCUT2D eigenvalue weighted by atomic mass is 9.89. The van der Waals surface area contributed by atoms with Crippen LogP contribution in [0.1, 0.15) is 44.1 Å². The van der Waals surface area contributed by atoms with E-state index in [0.717, 1.165) is 12.3 Å². The topological polar surface area (TPSA) is 25.2 Å². The molecule has 3 heteroatoms. The number of nitrogens with one attached hydrogen (secondary N) is 1. The van der Waals surface area contributed by atoms with Crippen LogP contribution in [0.4, 0.5) is 0 Å². The molecule has 2 atom stereocenters. The smallest absolute Gasteiger partial charge is 0.193 e. The highest BCUT2D eigenvalue weighted by Gasteiger charge is 2.29. The molecule has 0 fully saturated rings. The first-order valence-corrected chi connectivity index (χ1v) is 5.50. The Morgan fingerprint density at radius 3 is 2.93 bits per heavy atom. The molecule has 0 saturated heterocycles. The van der Waals surface area contributed by atoms with E-state index in [4.69, 9.17) is 16.0 Å². The van der Waals surface area contributed by atoms with Gasteiger partial charge in [0.15, 0.2) is 5.22 Å². The van der Waals surface area contributed by atoms with E-state index >= 15 is 0 Å². The second-order valence-electron chi connectivity index (χ2n) is 4.40. The molecule has 0 saturated carbocycles. The first kappa shape index (κ1) is 10.1. The molecule has 2 rings (SSSR count). The lowest BCUT2D eigenvalue weighted by Gasteiger charge is -2.29. The van der Waals surface area contributed by atoms with Crippen LogP contribution >= 0.6 is 11.6 Å². The fourth-order valence-corrected chi connectivity index (χ4v) is 2.32. The van der Waals surface area contributed by atoms with Gasteiger partial charge < -0.3 is 9.73 Å². The van der Waals surface area contributed by atoms with Crippen molar-refractivity contribution in [3.05, 3.63) is 22.6 Å². The molecule has 0 radical (unpaired) electrons. The van der Waals surface area contributed by atoms with Crippen molar-refractivity contribution in [2.45, 2.75) is 32.7 Å². The van der Waals surface area contributed by atoms with E-state index in [9.17, 15) is 0 Å². The van der Waals surface area contributed by atoms with Crippen molar-refractivity contribution in [2.75, 3.05) is 6.54 Å². The first-order chi connectivity index (χ1) is 6.59. The second-order valence-corrected chi connectivity index (χ2v) is 4.77. The van der Waals surface area contributed by atoms with Crippen molar-refractivity contribution < 1.29 is 4.42 Å². The summed E-state index contributed by atoms with van der Waals surface area (Å²) in [6, 6.07) is 2.34. The maximum Gasteiger partial charge on any atom is 0.193 e. The van der Waals surface area contributed by atoms with Gasteiger partial charge in [0.2, 0.25) is 0 Å². The van der Waals surface area contributed by atoms with Crippen molar-refractivity contribution >= 4 is 11.6 Å². The molecule has 1 aromatic heterocycles. The van der Waals surface area contributed by atoms with Gasteiger partial charge in [-0.25, -0.2) is 0 Å². The van der Waals surface area contributed by atoms with Gasteiger partial charge >= 0.3 is 0 Å². The van der Waals surface area contributed by atoms with Gasteiger partial charge in [0.25, 0.3) is 0 Å². The molecule has 0 amide bonds. The van der Waals surface area contributed by atoms with Gasteiger partial charge in [-0.3, -0.25) is 0 Å². The SMILES string of the molecule is CC1CNC(C(C)C)c2cc(Cl)oc21. The molecule has 0 aliphatic carbocycles. The van der Waals surface area contributed by atoms with Gasteiger partial charge in [-0.05, 0) is 17.5 Å². The Balaban J connectivity index is 2.41. The average Bonchev–Trinajstić information content (AvgIpc) is 2.47. The third kappa shape index (κ3) is 1.57.